The minimum atomic E-state index is -0.304. The van der Waals surface area contributed by atoms with Crippen LogP contribution in [0, 0.1) is 11.7 Å². The van der Waals surface area contributed by atoms with Crippen molar-refractivity contribution in [1.29, 1.82) is 0 Å². The van der Waals surface area contributed by atoms with Crippen molar-refractivity contribution in [2.45, 2.75) is 26.3 Å². The highest BCUT2D eigenvalue weighted by atomic mass is 19.1. The molecule has 2 heterocycles. The minimum Gasteiger partial charge on any atom is -0.334 e. The van der Waals surface area contributed by atoms with E-state index >= 15 is 0 Å². The molecule has 0 unspecified atom stereocenters. The van der Waals surface area contributed by atoms with Gasteiger partial charge >= 0.3 is 0 Å². The molecule has 4 rings (SSSR count). The molecule has 7 heteroatoms. The lowest BCUT2D eigenvalue weighted by atomic mass is 9.95. The SMILES string of the molecule is CC(=O)NN=C(CN1CCC(CN2Cc3ccccc3C2=O)CC1)c1ccc(F)cc1. The monoisotopic (exact) mass is 422 g/mol. The van der Waals surface area contributed by atoms with Crippen LogP contribution in [-0.4, -0.2) is 53.5 Å². The number of rotatable bonds is 6. The van der Waals surface area contributed by atoms with Crippen LogP contribution in [0.1, 0.15) is 41.3 Å². The summed E-state index contributed by atoms with van der Waals surface area (Å²) in [6.07, 6.45) is 1.99. The van der Waals surface area contributed by atoms with Gasteiger partial charge in [-0.2, -0.15) is 5.10 Å². The van der Waals surface area contributed by atoms with Crippen LogP contribution >= 0.6 is 0 Å². The molecule has 6 nitrogen and oxygen atoms in total. The third-order valence-electron chi connectivity index (χ3n) is 5.98. The highest BCUT2D eigenvalue weighted by Gasteiger charge is 2.30. The van der Waals surface area contributed by atoms with E-state index in [0.717, 1.165) is 49.2 Å². The Hall–Kier alpha value is -3.06. The highest BCUT2D eigenvalue weighted by molar-refractivity contribution is 6.02. The molecule has 31 heavy (non-hydrogen) atoms. The third kappa shape index (κ3) is 5.17. The Kier molecular flexibility index (Phi) is 6.42. The molecular formula is C24H27FN4O2. The zero-order valence-electron chi connectivity index (χ0n) is 17.7. The Bertz CT molecular complexity index is 981. The second-order valence-corrected chi connectivity index (χ2v) is 8.30. The molecule has 0 bridgehead atoms. The Morgan fingerprint density at radius 3 is 2.52 bits per heavy atom. The van der Waals surface area contributed by atoms with E-state index < -0.39 is 0 Å². The summed E-state index contributed by atoms with van der Waals surface area (Å²) in [6, 6.07) is 14.0. The van der Waals surface area contributed by atoms with Gasteiger partial charge in [0, 0.05) is 32.1 Å². The van der Waals surface area contributed by atoms with Crippen LogP contribution in [0.5, 0.6) is 0 Å². The van der Waals surface area contributed by atoms with Crippen LogP contribution in [0.15, 0.2) is 53.6 Å². The van der Waals surface area contributed by atoms with Gasteiger partial charge in [-0.25, -0.2) is 9.82 Å². The number of nitrogens with zero attached hydrogens (tertiary/aromatic N) is 3. The second kappa shape index (κ2) is 9.39. The van der Waals surface area contributed by atoms with Crippen LogP contribution in [0.2, 0.25) is 0 Å². The minimum absolute atomic E-state index is 0.138. The standard InChI is InChI=1S/C24H27FN4O2/c1-17(30)26-27-23(19-6-8-21(25)9-7-19)16-28-12-10-18(11-13-28)14-29-15-20-4-2-3-5-22(20)24(29)31/h2-9,18H,10-16H2,1H3,(H,26,30). The summed E-state index contributed by atoms with van der Waals surface area (Å²) in [7, 11) is 0. The van der Waals surface area contributed by atoms with Crippen molar-refractivity contribution in [3.63, 3.8) is 0 Å². The summed E-state index contributed by atoms with van der Waals surface area (Å²) in [5.74, 6) is 0.0618. The first-order valence-corrected chi connectivity index (χ1v) is 10.7. The Balaban J connectivity index is 1.33. The second-order valence-electron chi connectivity index (χ2n) is 8.30. The van der Waals surface area contributed by atoms with E-state index in [0.29, 0.717) is 24.7 Å². The van der Waals surface area contributed by atoms with Gasteiger partial charge in [0.2, 0.25) is 5.91 Å². The molecule has 2 aliphatic rings. The third-order valence-corrected chi connectivity index (χ3v) is 5.98. The van der Waals surface area contributed by atoms with Gasteiger partial charge in [0.15, 0.2) is 0 Å². The summed E-state index contributed by atoms with van der Waals surface area (Å²) in [4.78, 5) is 28.2. The lowest BCUT2D eigenvalue weighted by molar-refractivity contribution is -0.118. The predicted octanol–water partition coefficient (Wildman–Crippen LogP) is 3.03. The van der Waals surface area contributed by atoms with Crippen molar-refractivity contribution in [1.82, 2.24) is 15.2 Å². The Morgan fingerprint density at radius 1 is 1.13 bits per heavy atom. The number of benzene rings is 2. The van der Waals surface area contributed by atoms with E-state index in [4.69, 9.17) is 0 Å². The highest BCUT2D eigenvalue weighted by Crippen LogP contribution is 2.26. The molecule has 0 aliphatic carbocycles. The largest absolute Gasteiger partial charge is 0.334 e. The number of nitrogens with one attached hydrogen (secondary N) is 1. The maximum absolute atomic E-state index is 13.3. The molecule has 0 saturated carbocycles. The summed E-state index contributed by atoms with van der Waals surface area (Å²) >= 11 is 0. The molecule has 0 atom stereocenters. The Labute approximate surface area is 181 Å². The van der Waals surface area contributed by atoms with E-state index in [9.17, 15) is 14.0 Å². The van der Waals surface area contributed by atoms with Gasteiger partial charge in [-0.15, -0.1) is 0 Å². The number of halogens is 1. The first-order valence-electron chi connectivity index (χ1n) is 10.7. The van der Waals surface area contributed by atoms with Crippen molar-refractivity contribution in [2.75, 3.05) is 26.2 Å². The molecule has 1 N–H and O–H groups in total. The molecule has 162 valence electrons. The first-order chi connectivity index (χ1) is 15.0. The summed E-state index contributed by atoms with van der Waals surface area (Å²) in [6.45, 7) is 5.25. The molecule has 2 aromatic rings. The Morgan fingerprint density at radius 2 is 1.84 bits per heavy atom. The number of piperidine rings is 1. The number of hydrazone groups is 1. The predicted molar refractivity (Wildman–Crippen MR) is 117 cm³/mol. The fourth-order valence-corrected chi connectivity index (χ4v) is 4.29. The van der Waals surface area contributed by atoms with Crippen LogP contribution in [0.4, 0.5) is 4.39 Å². The molecule has 0 radical (unpaired) electrons. The number of carbonyl (C=O) groups excluding carboxylic acids is 2. The normalized spacial score (nSPS) is 17.7. The van der Waals surface area contributed by atoms with Crippen LogP contribution < -0.4 is 5.43 Å². The van der Waals surface area contributed by atoms with Crippen LogP contribution in [0.25, 0.3) is 0 Å². The maximum Gasteiger partial charge on any atom is 0.254 e. The molecule has 2 aromatic carbocycles. The van der Waals surface area contributed by atoms with Crippen LogP contribution in [0.3, 0.4) is 0 Å². The fourth-order valence-electron chi connectivity index (χ4n) is 4.29. The summed E-state index contributed by atoms with van der Waals surface area (Å²) < 4.78 is 13.3. The molecule has 1 fully saturated rings. The van der Waals surface area contributed by atoms with E-state index in [1.54, 1.807) is 12.1 Å². The maximum atomic E-state index is 13.3. The van der Waals surface area contributed by atoms with Crippen molar-refractivity contribution in [2.24, 2.45) is 11.0 Å². The van der Waals surface area contributed by atoms with Gasteiger partial charge < -0.3 is 4.90 Å². The van der Waals surface area contributed by atoms with Crippen molar-refractivity contribution in [3.8, 4) is 0 Å². The summed E-state index contributed by atoms with van der Waals surface area (Å²) in [5, 5.41) is 4.25. The summed E-state index contributed by atoms with van der Waals surface area (Å²) in [5.41, 5.74) is 5.95. The molecular weight excluding hydrogens is 395 g/mol. The van der Waals surface area contributed by atoms with Gasteiger partial charge in [0.25, 0.3) is 5.91 Å². The van der Waals surface area contributed by atoms with E-state index in [2.05, 4.69) is 15.4 Å². The molecule has 0 spiro atoms. The average molecular weight is 423 g/mol. The smallest absolute Gasteiger partial charge is 0.254 e. The molecule has 1 saturated heterocycles. The van der Waals surface area contributed by atoms with Gasteiger partial charge in [0.05, 0.1) is 5.71 Å². The molecule has 2 aliphatic heterocycles. The van der Waals surface area contributed by atoms with Gasteiger partial charge in [-0.05, 0) is 61.2 Å². The lowest BCUT2D eigenvalue weighted by Gasteiger charge is -2.34. The molecule has 2 amide bonds. The molecule has 0 aromatic heterocycles. The van der Waals surface area contributed by atoms with E-state index in [1.807, 2.05) is 29.2 Å². The topological polar surface area (TPSA) is 65.0 Å². The number of fused-ring (bicyclic) bond motifs is 1. The number of amides is 2. The first kappa shape index (κ1) is 21.2. The van der Waals surface area contributed by atoms with E-state index in [1.165, 1.54) is 19.1 Å². The number of likely N-dealkylation sites (tertiary alicyclic amines) is 1. The van der Waals surface area contributed by atoms with E-state index in [-0.39, 0.29) is 17.6 Å². The number of carbonyl (C=O) groups is 2. The van der Waals surface area contributed by atoms with Crippen molar-refractivity contribution < 1.29 is 14.0 Å². The zero-order valence-corrected chi connectivity index (χ0v) is 17.7. The van der Waals surface area contributed by atoms with Gasteiger partial charge in [0.1, 0.15) is 5.82 Å². The quantitative estimate of drug-likeness (QED) is 0.575. The van der Waals surface area contributed by atoms with Crippen molar-refractivity contribution in [3.05, 3.63) is 71.0 Å². The fraction of sp³-hybridized carbons (Fsp3) is 0.375. The van der Waals surface area contributed by atoms with Gasteiger partial charge in [-0.3, -0.25) is 14.5 Å². The van der Waals surface area contributed by atoms with Gasteiger partial charge in [-0.1, -0.05) is 30.3 Å². The zero-order chi connectivity index (χ0) is 21.8. The van der Waals surface area contributed by atoms with Crippen LogP contribution in [-0.2, 0) is 11.3 Å². The lowest BCUT2D eigenvalue weighted by Crippen LogP contribution is -2.41. The average Bonchev–Trinajstić information content (AvgIpc) is 3.08. The number of hydrogen-bond acceptors (Lipinski definition) is 4. The number of hydrogen-bond donors (Lipinski definition) is 1. The van der Waals surface area contributed by atoms with Crippen molar-refractivity contribution >= 4 is 17.5 Å².